The number of aromatic nitrogens is 3. The summed E-state index contributed by atoms with van der Waals surface area (Å²) in [5.74, 6) is 1.46. The SMILES string of the molecule is Cc1nnn(C)c1-c1ccccc1C(C1C=NN(C)C1)C1CCOCC1. The van der Waals surface area contributed by atoms with Gasteiger partial charge in [-0.05, 0) is 37.2 Å². The van der Waals surface area contributed by atoms with Gasteiger partial charge >= 0.3 is 0 Å². The molecule has 6 nitrogen and oxygen atoms in total. The molecule has 6 heteroatoms. The van der Waals surface area contributed by atoms with Crippen LogP contribution in [0.1, 0.15) is 30.0 Å². The molecular weight excluding hydrogens is 326 g/mol. The maximum Gasteiger partial charge on any atom is 0.0914 e. The minimum Gasteiger partial charge on any atom is -0.381 e. The van der Waals surface area contributed by atoms with Crippen LogP contribution in [-0.2, 0) is 11.8 Å². The second kappa shape index (κ2) is 7.19. The van der Waals surface area contributed by atoms with Gasteiger partial charge in [-0.25, -0.2) is 4.68 Å². The van der Waals surface area contributed by atoms with Gasteiger partial charge in [0, 0.05) is 51.5 Å². The van der Waals surface area contributed by atoms with Crippen LogP contribution in [0.15, 0.2) is 29.4 Å². The summed E-state index contributed by atoms with van der Waals surface area (Å²) in [6, 6.07) is 8.76. The zero-order valence-corrected chi connectivity index (χ0v) is 15.8. The molecule has 26 heavy (non-hydrogen) atoms. The second-order valence-electron chi connectivity index (χ2n) is 7.48. The van der Waals surface area contributed by atoms with E-state index in [9.17, 15) is 0 Å². The van der Waals surface area contributed by atoms with Gasteiger partial charge in [0.1, 0.15) is 0 Å². The maximum atomic E-state index is 5.64. The van der Waals surface area contributed by atoms with Crippen LogP contribution in [0.5, 0.6) is 0 Å². The zero-order chi connectivity index (χ0) is 18.1. The van der Waals surface area contributed by atoms with Crippen molar-refractivity contribution in [1.82, 2.24) is 20.0 Å². The van der Waals surface area contributed by atoms with Crippen LogP contribution in [0.4, 0.5) is 0 Å². The first-order valence-corrected chi connectivity index (χ1v) is 9.43. The van der Waals surface area contributed by atoms with Crippen LogP contribution in [0.25, 0.3) is 11.3 Å². The normalized spacial score (nSPS) is 22.1. The molecule has 0 bridgehead atoms. The number of ether oxygens (including phenoxy) is 1. The van der Waals surface area contributed by atoms with Crippen LogP contribution >= 0.6 is 0 Å². The van der Waals surface area contributed by atoms with Crippen molar-refractivity contribution in [2.24, 2.45) is 24.0 Å². The van der Waals surface area contributed by atoms with Crippen LogP contribution in [0.3, 0.4) is 0 Å². The Morgan fingerprint density at radius 2 is 1.92 bits per heavy atom. The fraction of sp³-hybridized carbons (Fsp3) is 0.550. The van der Waals surface area contributed by atoms with Crippen LogP contribution in [0, 0.1) is 18.8 Å². The fourth-order valence-electron chi connectivity index (χ4n) is 4.55. The summed E-state index contributed by atoms with van der Waals surface area (Å²) in [5.41, 5.74) is 4.72. The third kappa shape index (κ3) is 3.14. The quantitative estimate of drug-likeness (QED) is 0.848. The molecule has 2 aromatic rings. The molecule has 1 fully saturated rings. The Hall–Kier alpha value is -2.21. The molecule has 4 rings (SSSR count). The summed E-state index contributed by atoms with van der Waals surface area (Å²) in [4.78, 5) is 0. The molecule has 1 saturated heterocycles. The Labute approximate surface area is 154 Å². The Balaban J connectivity index is 1.80. The number of hydrogen-bond donors (Lipinski definition) is 0. The summed E-state index contributed by atoms with van der Waals surface area (Å²) in [6.07, 6.45) is 4.36. The molecule has 2 aliphatic heterocycles. The summed E-state index contributed by atoms with van der Waals surface area (Å²) in [6.45, 7) is 4.72. The van der Waals surface area contributed by atoms with Gasteiger partial charge in [-0.15, -0.1) is 5.10 Å². The molecular formula is C20H27N5O. The van der Waals surface area contributed by atoms with Crippen molar-refractivity contribution in [3.63, 3.8) is 0 Å². The van der Waals surface area contributed by atoms with E-state index in [1.807, 2.05) is 18.7 Å². The predicted octanol–water partition coefficient (Wildman–Crippen LogP) is 2.85. The third-order valence-electron chi connectivity index (χ3n) is 5.74. The Morgan fingerprint density at radius 3 is 2.58 bits per heavy atom. The number of hydrogen-bond acceptors (Lipinski definition) is 5. The van der Waals surface area contributed by atoms with Gasteiger partial charge < -0.3 is 4.74 Å². The lowest BCUT2D eigenvalue weighted by Crippen LogP contribution is -2.30. The molecule has 1 aromatic heterocycles. The molecule has 2 atom stereocenters. The molecule has 0 saturated carbocycles. The molecule has 0 N–H and O–H groups in total. The second-order valence-corrected chi connectivity index (χ2v) is 7.48. The van der Waals surface area contributed by atoms with E-state index in [0.717, 1.165) is 44.0 Å². The van der Waals surface area contributed by atoms with E-state index in [1.54, 1.807) is 0 Å². The predicted molar refractivity (Wildman–Crippen MR) is 102 cm³/mol. The minimum atomic E-state index is 0.422. The Bertz CT molecular complexity index is 774. The lowest BCUT2D eigenvalue weighted by Gasteiger charge is -2.35. The lowest BCUT2D eigenvalue weighted by molar-refractivity contribution is 0.0534. The van der Waals surface area contributed by atoms with Crippen molar-refractivity contribution in [3.05, 3.63) is 35.5 Å². The largest absolute Gasteiger partial charge is 0.381 e. The highest BCUT2D eigenvalue weighted by Gasteiger charge is 2.35. The molecule has 1 aromatic carbocycles. The average Bonchev–Trinajstić information content (AvgIpc) is 3.22. The first-order valence-electron chi connectivity index (χ1n) is 9.43. The van der Waals surface area contributed by atoms with Crippen molar-refractivity contribution in [2.45, 2.75) is 25.7 Å². The van der Waals surface area contributed by atoms with Crippen molar-refractivity contribution in [1.29, 1.82) is 0 Å². The molecule has 138 valence electrons. The van der Waals surface area contributed by atoms with Gasteiger partial charge in [0.2, 0.25) is 0 Å². The standard InChI is InChI=1S/C20H27N5O/c1-14-20(25(3)23-22-14)18-7-5-4-6-17(18)19(15-8-10-26-11-9-15)16-12-21-24(2)13-16/h4-7,12,15-16,19H,8-11,13H2,1-3H3. The third-order valence-corrected chi connectivity index (χ3v) is 5.74. The molecule has 0 amide bonds. The van der Waals surface area contributed by atoms with E-state index in [1.165, 1.54) is 11.1 Å². The van der Waals surface area contributed by atoms with Crippen LogP contribution in [-0.4, -0.2) is 53.0 Å². The molecule has 0 spiro atoms. The molecule has 2 unspecified atom stereocenters. The van der Waals surface area contributed by atoms with Crippen LogP contribution < -0.4 is 0 Å². The van der Waals surface area contributed by atoms with Gasteiger partial charge in [-0.2, -0.15) is 5.10 Å². The molecule has 3 heterocycles. The van der Waals surface area contributed by atoms with Gasteiger partial charge in [-0.1, -0.05) is 29.5 Å². The number of nitrogens with zero attached hydrogens (tertiary/aromatic N) is 5. The summed E-state index contributed by atoms with van der Waals surface area (Å²) in [5, 5.41) is 15.1. The van der Waals surface area contributed by atoms with E-state index in [-0.39, 0.29) is 0 Å². The van der Waals surface area contributed by atoms with Gasteiger partial charge in [0.05, 0.1) is 11.4 Å². The highest BCUT2D eigenvalue weighted by molar-refractivity contribution is 5.70. The average molecular weight is 353 g/mol. The smallest absolute Gasteiger partial charge is 0.0914 e. The number of rotatable bonds is 4. The van der Waals surface area contributed by atoms with Crippen molar-refractivity contribution >= 4 is 6.21 Å². The van der Waals surface area contributed by atoms with E-state index < -0.39 is 0 Å². The van der Waals surface area contributed by atoms with Crippen molar-refractivity contribution < 1.29 is 4.74 Å². The molecule has 0 radical (unpaired) electrons. The maximum absolute atomic E-state index is 5.64. The highest BCUT2D eigenvalue weighted by atomic mass is 16.5. The van der Waals surface area contributed by atoms with E-state index >= 15 is 0 Å². The number of hydrazone groups is 1. The topological polar surface area (TPSA) is 55.5 Å². The first-order chi connectivity index (χ1) is 12.6. The van der Waals surface area contributed by atoms with E-state index in [2.05, 4.69) is 58.0 Å². The van der Waals surface area contributed by atoms with Crippen molar-refractivity contribution in [3.8, 4) is 11.3 Å². The summed E-state index contributed by atoms with van der Waals surface area (Å²) < 4.78 is 7.53. The summed E-state index contributed by atoms with van der Waals surface area (Å²) in [7, 11) is 4.03. The minimum absolute atomic E-state index is 0.422. The molecule has 0 aliphatic carbocycles. The van der Waals surface area contributed by atoms with Crippen LogP contribution in [0.2, 0.25) is 0 Å². The van der Waals surface area contributed by atoms with Crippen molar-refractivity contribution in [2.75, 3.05) is 26.8 Å². The molecule has 2 aliphatic rings. The van der Waals surface area contributed by atoms with Gasteiger partial charge in [-0.3, -0.25) is 5.01 Å². The Morgan fingerprint density at radius 1 is 1.15 bits per heavy atom. The van der Waals surface area contributed by atoms with E-state index in [0.29, 0.717) is 17.8 Å². The monoisotopic (exact) mass is 353 g/mol. The zero-order valence-electron chi connectivity index (χ0n) is 15.8. The summed E-state index contributed by atoms with van der Waals surface area (Å²) >= 11 is 0. The number of benzene rings is 1. The van der Waals surface area contributed by atoms with Gasteiger partial charge in [0.25, 0.3) is 0 Å². The highest BCUT2D eigenvalue weighted by Crippen LogP contribution is 2.42. The van der Waals surface area contributed by atoms with E-state index in [4.69, 9.17) is 4.74 Å². The lowest BCUT2D eigenvalue weighted by atomic mass is 9.72. The van der Waals surface area contributed by atoms with Gasteiger partial charge in [0.15, 0.2) is 0 Å². The fourth-order valence-corrected chi connectivity index (χ4v) is 4.55. The Kier molecular flexibility index (Phi) is 4.76. The first kappa shape index (κ1) is 17.2. The number of aryl methyl sites for hydroxylation is 2.